The van der Waals surface area contributed by atoms with E-state index in [2.05, 4.69) is 23.8 Å². The lowest BCUT2D eigenvalue weighted by Crippen LogP contribution is -2.23. The second-order valence-corrected chi connectivity index (χ2v) is 5.49. The van der Waals surface area contributed by atoms with Crippen molar-refractivity contribution in [3.05, 3.63) is 17.6 Å². The number of hydrogen-bond acceptors (Lipinski definition) is 4. The summed E-state index contributed by atoms with van der Waals surface area (Å²) in [4.78, 5) is 8.92. The van der Waals surface area contributed by atoms with E-state index >= 15 is 0 Å². The molecule has 0 amide bonds. The lowest BCUT2D eigenvalue weighted by Gasteiger charge is -2.22. The number of hydrogen-bond donors (Lipinski definition) is 1. The van der Waals surface area contributed by atoms with E-state index in [0.29, 0.717) is 11.7 Å². The number of ether oxygens (including phenoxy) is 1. The molecule has 1 aliphatic rings. The van der Waals surface area contributed by atoms with Crippen molar-refractivity contribution < 1.29 is 4.74 Å². The van der Waals surface area contributed by atoms with E-state index in [1.165, 1.54) is 12.8 Å². The Morgan fingerprint density at radius 3 is 2.89 bits per heavy atom. The molecule has 0 spiro atoms. The van der Waals surface area contributed by atoms with Gasteiger partial charge in [0.1, 0.15) is 11.6 Å². The van der Waals surface area contributed by atoms with Crippen LogP contribution in [0.3, 0.4) is 0 Å². The molecule has 4 nitrogen and oxygen atoms in total. The minimum Gasteiger partial charge on any atom is -0.384 e. The minimum absolute atomic E-state index is 0.271. The molecule has 1 aliphatic heterocycles. The van der Waals surface area contributed by atoms with Crippen molar-refractivity contribution >= 4 is 5.82 Å². The minimum atomic E-state index is 0.271. The molecule has 0 radical (unpaired) electrons. The largest absolute Gasteiger partial charge is 0.384 e. The molecule has 1 saturated heterocycles. The number of aromatic nitrogens is 2. The highest BCUT2D eigenvalue weighted by atomic mass is 16.5. The Labute approximate surface area is 109 Å². The van der Waals surface area contributed by atoms with Crippen molar-refractivity contribution in [2.24, 2.45) is 5.92 Å². The summed E-state index contributed by atoms with van der Waals surface area (Å²) < 4.78 is 5.72. The molecule has 1 aromatic rings. The van der Waals surface area contributed by atoms with Crippen LogP contribution in [0, 0.1) is 5.92 Å². The van der Waals surface area contributed by atoms with Gasteiger partial charge in [-0.25, -0.2) is 9.97 Å². The van der Waals surface area contributed by atoms with Crippen LogP contribution in [0.2, 0.25) is 0 Å². The fourth-order valence-corrected chi connectivity index (χ4v) is 2.36. The van der Waals surface area contributed by atoms with E-state index in [0.717, 1.165) is 37.4 Å². The van der Waals surface area contributed by atoms with Gasteiger partial charge in [-0.15, -0.1) is 0 Å². The Bertz CT molecular complexity index is 387. The third-order valence-electron chi connectivity index (χ3n) is 3.15. The van der Waals surface area contributed by atoms with Gasteiger partial charge < -0.3 is 10.5 Å². The van der Waals surface area contributed by atoms with Gasteiger partial charge >= 0.3 is 0 Å². The number of anilines is 1. The Morgan fingerprint density at radius 1 is 1.39 bits per heavy atom. The standard InChI is InChI=1S/C14H23N3O/c1-10(2)7-11-8-13(15)17-14(16-11)9-12-5-3-4-6-18-12/h8,10,12H,3-7,9H2,1-2H3,(H2,15,16,17). The van der Waals surface area contributed by atoms with Crippen LogP contribution in [0.25, 0.3) is 0 Å². The molecule has 2 heterocycles. The summed E-state index contributed by atoms with van der Waals surface area (Å²) in [5.74, 6) is 1.99. The monoisotopic (exact) mass is 249 g/mol. The van der Waals surface area contributed by atoms with Gasteiger partial charge in [-0.3, -0.25) is 0 Å². The Kier molecular flexibility index (Phi) is 4.53. The maximum absolute atomic E-state index is 5.85. The predicted octanol–water partition coefficient (Wildman–Crippen LogP) is 2.37. The van der Waals surface area contributed by atoms with Gasteiger partial charge in [0.15, 0.2) is 0 Å². The molecule has 4 heteroatoms. The maximum Gasteiger partial charge on any atom is 0.133 e. The van der Waals surface area contributed by atoms with E-state index in [1.54, 1.807) is 0 Å². The fraction of sp³-hybridized carbons (Fsp3) is 0.714. The number of nitrogens with zero attached hydrogens (tertiary/aromatic N) is 2. The summed E-state index contributed by atoms with van der Waals surface area (Å²) in [6, 6.07) is 1.88. The first-order valence-electron chi connectivity index (χ1n) is 6.87. The summed E-state index contributed by atoms with van der Waals surface area (Å²) >= 11 is 0. The van der Waals surface area contributed by atoms with Gasteiger partial charge in [0.05, 0.1) is 6.10 Å². The summed E-state index contributed by atoms with van der Waals surface area (Å²) in [5.41, 5.74) is 6.89. The number of rotatable bonds is 4. The number of nitrogens with two attached hydrogens (primary N) is 1. The molecular weight excluding hydrogens is 226 g/mol. The molecule has 1 fully saturated rings. The third-order valence-corrected chi connectivity index (χ3v) is 3.15. The van der Waals surface area contributed by atoms with Crippen LogP contribution in [0.4, 0.5) is 5.82 Å². The lowest BCUT2D eigenvalue weighted by atomic mass is 10.1. The SMILES string of the molecule is CC(C)Cc1cc(N)nc(CC2CCCCO2)n1. The average Bonchev–Trinajstić information content (AvgIpc) is 2.28. The van der Waals surface area contributed by atoms with Crippen LogP contribution in [-0.4, -0.2) is 22.7 Å². The summed E-state index contributed by atoms with van der Waals surface area (Å²) in [5, 5.41) is 0. The zero-order valence-corrected chi connectivity index (χ0v) is 11.4. The second kappa shape index (κ2) is 6.14. The molecule has 1 atom stereocenters. The van der Waals surface area contributed by atoms with Crippen LogP contribution in [-0.2, 0) is 17.6 Å². The Balaban J connectivity index is 2.04. The normalized spacial score (nSPS) is 20.3. The van der Waals surface area contributed by atoms with Gasteiger partial charge in [-0.05, 0) is 31.6 Å². The zero-order chi connectivity index (χ0) is 13.0. The molecule has 1 unspecified atom stereocenters. The quantitative estimate of drug-likeness (QED) is 0.890. The van der Waals surface area contributed by atoms with E-state index < -0.39 is 0 Å². The molecule has 100 valence electrons. The highest BCUT2D eigenvalue weighted by Gasteiger charge is 2.16. The molecule has 2 rings (SSSR count). The molecule has 0 aliphatic carbocycles. The topological polar surface area (TPSA) is 61.0 Å². The second-order valence-electron chi connectivity index (χ2n) is 5.49. The molecule has 0 saturated carbocycles. The zero-order valence-electron chi connectivity index (χ0n) is 11.4. The van der Waals surface area contributed by atoms with Crippen LogP contribution < -0.4 is 5.73 Å². The van der Waals surface area contributed by atoms with Crippen LogP contribution in [0.15, 0.2) is 6.07 Å². The van der Waals surface area contributed by atoms with Gasteiger partial charge in [0.2, 0.25) is 0 Å². The summed E-state index contributed by atoms with van der Waals surface area (Å²) in [6.07, 6.45) is 5.53. The number of nitrogen functional groups attached to an aromatic ring is 1. The Morgan fingerprint density at radius 2 is 2.22 bits per heavy atom. The third kappa shape index (κ3) is 3.95. The molecular formula is C14H23N3O. The lowest BCUT2D eigenvalue weighted by molar-refractivity contribution is 0.0156. The fourth-order valence-electron chi connectivity index (χ4n) is 2.36. The molecule has 18 heavy (non-hydrogen) atoms. The molecule has 0 aromatic carbocycles. The van der Waals surface area contributed by atoms with Crippen LogP contribution in [0.1, 0.15) is 44.6 Å². The average molecular weight is 249 g/mol. The summed E-state index contributed by atoms with van der Waals surface area (Å²) in [6.45, 7) is 5.23. The van der Waals surface area contributed by atoms with Crippen molar-refractivity contribution in [1.82, 2.24) is 9.97 Å². The van der Waals surface area contributed by atoms with Crippen molar-refractivity contribution in [3.63, 3.8) is 0 Å². The molecule has 2 N–H and O–H groups in total. The van der Waals surface area contributed by atoms with E-state index in [4.69, 9.17) is 10.5 Å². The van der Waals surface area contributed by atoms with Gasteiger partial charge in [-0.1, -0.05) is 13.8 Å². The van der Waals surface area contributed by atoms with Gasteiger partial charge in [-0.2, -0.15) is 0 Å². The first kappa shape index (κ1) is 13.3. The molecule has 1 aromatic heterocycles. The van der Waals surface area contributed by atoms with Crippen LogP contribution >= 0.6 is 0 Å². The predicted molar refractivity (Wildman–Crippen MR) is 72.3 cm³/mol. The highest BCUT2D eigenvalue weighted by Crippen LogP contribution is 2.17. The van der Waals surface area contributed by atoms with Crippen molar-refractivity contribution in [1.29, 1.82) is 0 Å². The van der Waals surface area contributed by atoms with Gasteiger partial charge in [0, 0.05) is 24.8 Å². The van der Waals surface area contributed by atoms with Crippen molar-refractivity contribution in [3.8, 4) is 0 Å². The Hall–Kier alpha value is -1.16. The first-order valence-corrected chi connectivity index (χ1v) is 6.87. The summed E-state index contributed by atoms with van der Waals surface area (Å²) in [7, 11) is 0. The highest BCUT2D eigenvalue weighted by molar-refractivity contribution is 5.30. The van der Waals surface area contributed by atoms with Crippen molar-refractivity contribution in [2.45, 2.75) is 52.1 Å². The molecule has 0 bridgehead atoms. The van der Waals surface area contributed by atoms with E-state index in [1.807, 2.05) is 6.07 Å². The van der Waals surface area contributed by atoms with E-state index in [9.17, 15) is 0 Å². The van der Waals surface area contributed by atoms with Gasteiger partial charge in [0.25, 0.3) is 0 Å². The first-order chi connectivity index (χ1) is 8.63. The maximum atomic E-state index is 5.85. The van der Waals surface area contributed by atoms with Crippen LogP contribution in [0.5, 0.6) is 0 Å². The van der Waals surface area contributed by atoms with Crippen molar-refractivity contribution in [2.75, 3.05) is 12.3 Å². The van der Waals surface area contributed by atoms with E-state index in [-0.39, 0.29) is 6.10 Å². The smallest absolute Gasteiger partial charge is 0.133 e.